The van der Waals surface area contributed by atoms with Gasteiger partial charge in [0.25, 0.3) is 0 Å². The van der Waals surface area contributed by atoms with Crippen molar-refractivity contribution in [3.63, 3.8) is 0 Å². The highest BCUT2D eigenvalue weighted by molar-refractivity contribution is 5.57. The Hall–Kier alpha value is -2.55. The van der Waals surface area contributed by atoms with Crippen LogP contribution in [0, 0.1) is 6.92 Å². The van der Waals surface area contributed by atoms with Crippen molar-refractivity contribution in [2.24, 2.45) is 0 Å². The Kier molecular flexibility index (Phi) is 3.02. The van der Waals surface area contributed by atoms with E-state index in [-0.39, 0.29) is 0 Å². The molecule has 0 aliphatic carbocycles. The van der Waals surface area contributed by atoms with E-state index in [4.69, 9.17) is 9.26 Å². The third-order valence-corrected chi connectivity index (χ3v) is 2.83. The second-order valence-corrected chi connectivity index (χ2v) is 4.32. The summed E-state index contributed by atoms with van der Waals surface area (Å²) in [5.41, 5.74) is 2.20. The molecule has 0 radical (unpaired) electrons. The maximum absolute atomic E-state index is 5.76. The number of benzene rings is 2. The Bertz CT molecular complexity index is 640. The quantitative estimate of drug-likeness (QED) is 0.690. The fourth-order valence-electron chi connectivity index (χ4n) is 1.79. The van der Waals surface area contributed by atoms with Crippen molar-refractivity contribution >= 4 is 0 Å². The maximum atomic E-state index is 5.76. The maximum Gasteiger partial charge on any atom is 0.166 e. The molecule has 0 saturated carbocycles. The fraction of sp³-hybridized carbons (Fsp3) is 0.0625. The van der Waals surface area contributed by atoms with Crippen molar-refractivity contribution in [3.05, 3.63) is 66.4 Å². The molecule has 0 saturated heterocycles. The predicted octanol–water partition coefficient (Wildman–Crippen LogP) is 4.44. The average molecular weight is 251 g/mol. The molecule has 0 spiro atoms. The lowest BCUT2D eigenvalue weighted by atomic mass is 10.2. The van der Waals surface area contributed by atoms with Gasteiger partial charge in [0.2, 0.25) is 0 Å². The molecule has 0 amide bonds. The summed E-state index contributed by atoms with van der Waals surface area (Å²) in [4.78, 5) is 0. The smallest absolute Gasteiger partial charge is 0.166 e. The number of hydrogen-bond donors (Lipinski definition) is 0. The summed E-state index contributed by atoms with van der Waals surface area (Å²) in [6.45, 7) is 2.05. The highest BCUT2D eigenvalue weighted by atomic mass is 16.5. The molecule has 3 rings (SSSR count). The summed E-state index contributed by atoms with van der Waals surface area (Å²) >= 11 is 0. The molecule has 19 heavy (non-hydrogen) atoms. The molecule has 0 aliphatic rings. The minimum absolute atomic E-state index is 0.752. The summed E-state index contributed by atoms with van der Waals surface area (Å²) < 4.78 is 10.9. The Labute approximate surface area is 111 Å². The van der Waals surface area contributed by atoms with Gasteiger partial charge >= 0.3 is 0 Å². The van der Waals surface area contributed by atoms with Gasteiger partial charge in [0.1, 0.15) is 11.5 Å². The third-order valence-electron chi connectivity index (χ3n) is 2.83. The molecule has 94 valence electrons. The molecule has 3 nitrogen and oxygen atoms in total. The zero-order valence-corrected chi connectivity index (χ0v) is 10.5. The van der Waals surface area contributed by atoms with Gasteiger partial charge in [-0.2, -0.15) is 0 Å². The molecular weight excluding hydrogens is 238 g/mol. The Morgan fingerprint density at radius 1 is 0.842 bits per heavy atom. The molecular formula is C16H13NO2. The molecule has 0 fully saturated rings. The monoisotopic (exact) mass is 251 g/mol. The van der Waals surface area contributed by atoms with Crippen molar-refractivity contribution in [2.45, 2.75) is 6.92 Å². The van der Waals surface area contributed by atoms with Gasteiger partial charge in [0, 0.05) is 11.6 Å². The van der Waals surface area contributed by atoms with Gasteiger partial charge in [-0.1, -0.05) is 22.9 Å². The number of nitrogens with zero attached hydrogens (tertiary/aromatic N) is 1. The molecule has 3 heteroatoms. The standard InChI is InChI=1S/C16H13NO2/c1-12-2-6-14(7-3-12)18-15-8-4-13(5-9-15)16-10-11-17-19-16/h2-11H,1H3. The van der Waals surface area contributed by atoms with Crippen LogP contribution >= 0.6 is 0 Å². The summed E-state index contributed by atoms with van der Waals surface area (Å²) in [7, 11) is 0. The van der Waals surface area contributed by atoms with Crippen LogP contribution in [0.1, 0.15) is 5.56 Å². The van der Waals surface area contributed by atoms with E-state index >= 15 is 0 Å². The SMILES string of the molecule is Cc1ccc(Oc2ccc(-c3ccno3)cc2)cc1. The van der Waals surface area contributed by atoms with Crippen LogP contribution in [0.5, 0.6) is 11.5 Å². The molecule has 0 atom stereocenters. The van der Waals surface area contributed by atoms with E-state index in [1.54, 1.807) is 6.20 Å². The second-order valence-electron chi connectivity index (χ2n) is 4.32. The highest BCUT2D eigenvalue weighted by Gasteiger charge is 2.02. The summed E-state index contributed by atoms with van der Waals surface area (Å²) in [6, 6.07) is 17.5. The summed E-state index contributed by atoms with van der Waals surface area (Å²) in [6.07, 6.45) is 1.63. The van der Waals surface area contributed by atoms with Crippen LogP contribution in [-0.4, -0.2) is 5.16 Å². The average Bonchev–Trinajstić information content (AvgIpc) is 2.96. The van der Waals surface area contributed by atoms with Crippen molar-refractivity contribution in [3.8, 4) is 22.8 Å². The fourth-order valence-corrected chi connectivity index (χ4v) is 1.79. The molecule has 3 aromatic rings. The van der Waals surface area contributed by atoms with Crippen LogP contribution in [0.3, 0.4) is 0 Å². The van der Waals surface area contributed by atoms with E-state index in [1.807, 2.05) is 54.6 Å². The van der Waals surface area contributed by atoms with Crippen molar-refractivity contribution < 1.29 is 9.26 Å². The lowest BCUT2D eigenvalue weighted by Crippen LogP contribution is -1.84. The molecule has 0 bridgehead atoms. The van der Waals surface area contributed by atoms with Crippen molar-refractivity contribution in [2.75, 3.05) is 0 Å². The van der Waals surface area contributed by atoms with Gasteiger partial charge in [-0.3, -0.25) is 0 Å². The number of hydrogen-bond acceptors (Lipinski definition) is 3. The van der Waals surface area contributed by atoms with Crippen LogP contribution in [0.25, 0.3) is 11.3 Å². The normalized spacial score (nSPS) is 10.4. The number of aryl methyl sites for hydroxylation is 1. The third kappa shape index (κ3) is 2.65. The topological polar surface area (TPSA) is 35.3 Å². The van der Waals surface area contributed by atoms with Crippen molar-refractivity contribution in [1.82, 2.24) is 5.16 Å². The first-order valence-corrected chi connectivity index (χ1v) is 6.07. The lowest BCUT2D eigenvalue weighted by molar-refractivity contribution is 0.432. The van der Waals surface area contributed by atoms with Gasteiger partial charge in [0.15, 0.2) is 5.76 Å². The van der Waals surface area contributed by atoms with Crippen LogP contribution in [0.4, 0.5) is 0 Å². The van der Waals surface area contributed by atoms with Gasteiger partial charge in [-0.25, -0.2) is 0 Å². The van der Waals surface area contributed by atoms with Gasteiger partial charge in [-0.05, 0) is 43.3 Å². The Morgan fingerprint density at radius 2 is 1.47 bits per heavy atom. The second kappa shape index (κ2) is 4.98. The molecule has 0 aliphatic heterocycles. The molecule has 1 aromatic heterocycles. The number of rotatable bonds is 3. The first kappa shape index (κ1) is 11.5. The van der Waals surface area contributed by atoms with Crippen LogP contribution < -0.4 is 4.74 Å². The van der Waals surface area contributed by atoms with E-state index in [0.29, 0.717) is 0 Å². The zero-order valence-electron chi connectivity index (χ0n) is 10.5. The first-order valence-electron chi connectivity index (χ1n) is 6.07. The largest absolute Gasteiger partial charge is 0.457 e. The highest BCUT2D eigenvalue weighted by Crippen LogP contribution is 2.25. The van der Waals surface area contributed by atoms with E-state index in [0.717, 1.165) is 22.8 Å². The van der Waals surface area contributed by atoms with E-state index < -0.39 is 0 Å². The van der Waals surface area contributed by atoms with Gasteiger partial charge in [-0.15, -0.1) is 0 Å². The van der Waals surface area contributed by atoms with Crippen LogP contribution in [0.2, 0.25) is 0 Å². The lowest BCUT2D eigenvalue weighted by Gasteiger charge is -2.06. The summed E-state index contributed by atoms with van der Waals surface area (Å²) in [5.74, 6) is 2.38. The molecule has 2 aromatic carbocycles. The van der Waals surface area contributed by atoms with Gasteiger partial charge < -0.3 is 9.26 Å². The Balaban J connectivity index is 1.77. The first-order chi connectivity index (χ1) is 9.31. The van der Waals surface area contributed by atoms with Crippen molar-refractivity contribution in [1.29, 1.82) is 0 Å². The molecule has 0 unspecified atom stereocenters. The number of aromatic nitrogens is 1. The molecule has 1 heterocycles. The minimum Gasteiger partial charge on any atom is -0.457 e. The zero-order chi connectivity index (χ0) is 13.1. The number of ether oxygens (including phenoxy) is 1. The minimum atomic E-state index is 0.752. The summed E-state index contributed by atoms with van der Waals surface area (Å²) in [5, 5.41) is 3.69. The van der Waals surface area contributed by atoms with Gasteiger partial charge in [0.05, 0.1) is 6.20 Å². The van der Waals surface area contributed by atoms with Crippen LogP contribution in [0.15, 0.2) is 65.3 Å². The van der Waals surface area contributed by atoms with E-state index in [1.165, 1.54) is 5.56 Å². The molecule has 0 N–H and O–H groups in total. The van der Waals surface area contributed by atoms with Crippen LogP contribution in [-0.2, 0) is 0 Å². The van der Waals surface area contributed by atoms with E-state index in [2.05, 4.69) is 12.1 Å². The van der Waals surface area contributed by atoms with E-state index in [9.17, 15) is 0 Å². The Morgan fingerprint density at radius 3 is 2.05 bits per heavy atom. The predicted molar refractivity (Wildman–Crippen MR) is 73.2 cm³/mol.